The summed E-state index contributed by atoms with van der Waals surface area (Å²) in [6, 6.07) is 7.17. The molecule has 2 aliphatic rings. The zero-order valence-electron chi connectivity index (χ0n) is 12.9. The molecule has 0 aromatic heterocycles. The van der Waals surface area contributed by atoms with Crippen LogP contribution in [0.25, 0.3) is 0 Å². The van der Waals surface area contributed by atoms with Crippen molar-refractivity contribution >= 4 is 17.3 Å². The summed E-state index contributed by atoms with van der Waals surface area (Å²) in [7, 11) is 0. The highest BCUT2D eigenvalue weighted by atomic mass is 35.5. The molecule has 1 aromatic rings. The molecule has 3 nitrogen and oxygen atoms in total. The predicted molar refractivity (Wildman–Crippen MR) is 90.3 cm³/mol. The summed E-state index contributed by atoms with van der Waals surface area (Å²) < 4.78 is 0. The Kier molecular flexibility index (Phi) is 5.04. The first-order valence-electron chi connectivity index (χ1n) is 8.26. The first-order valence-corrected chi connectivity index (χ1v) is 8.64. The zero-order chi connectivity index (χ0) is 14.7. The Morgan fingerprint density at radius 1 is 1.19 bits per heavy atom. The Morgan fingerprint density at radius 2 is 1.95 bits per heavy atom. The minimum atomic E-state index is 0.879. The first-order chi connectivity index (χ1) is 10.3. The normalized spacial score (nSPS) is 20.0. The van der Waals surface area contributed by atoms with Gasteiger partial charge in [0.2, 0.25) is 0 Å². The molecule has 1 aromatic carbocycles. The molecule has 3 rings (SSSR count). The Balaban J connectivity index is 1.68. The van der Waals surface area contributed by atoms with Gasteiger partial charge in [-0.2, -0.15) is 0 Å². The average molecular weight is 308 g/mol. The Morgan fingerprint density at radius 3 is 2.62 bits per heavy atom. The van der Waals surface area contributed by atoms with Crippen LogP contribution in [0.5, 0.6) is 0 Å². The highest BCUT2D eigenvalue weighted by Gasteiger charge is 2.31. The number of anilines is 1. The Labute approximate surface area is 133 Å². The van der Waals surface area contributed by atoms with Crippen molar-refractivity contribution < 1.29 is 0 Å². The van der Waals surface area contributed by atoms with E-state index in [0.717, 1.165) is 43.7 Å². The number of hydrogen-bond donors (Lipinski definition) is 1. The maximum atomic E-state index is 6.50. The van der Waals surface area contributed by atoms with E-state index in [4.69, 9.17) is 11.6 Å². The van der Waals surface area contributed by atoms with Gasteiger partial charge >= 0.3 is 0 Å². The number of halogens is 1. The van der Waals surface area contributed by atoms with Crippen molar-refractivity contribution in [2.75, 3.05) is 37.6 Å². The van der Waals surface area contributed by atoms with Gasteiger partial charge in [0, 0.05) is 38.8 Å². The van der Waals surface area contributed by atoms with Gasteiger partial charge in [-0.15, -0.1) is 0 Å². The highest BCUT2D eigenvalue weighted by Crippen LogP contribution is 2.33. The molecule has 0 unspecified atom stereocenters. The predicted octanol–water partition coefficient (Wildman–Crippen LogP) is 3.12. The molecule has 1 saturated heterocycles. The van der Waals surface area contributed by atoms with E-state index in [1.807, 2.05) is 6.07 Å². The molecule has 0 radical (unpaired) electrons. The maximum absolute atomic E-state index is 6.50. The van der Waals surface area contributed by atoms with Gasteiger partial charge in [-0.1, -0.05) is 30.7 Å². The third-order valence-corrected chi connectivity index (χ3v) is 4.81. The Bertz CT molecular complexity index is 465. The number of nitrogens with one attached hydrogen (secondary N) is 1. The van der Waals surface area contributed by atoms with Crippen molar-refractivity contribution in [2.45, 2.75) is 38.8 Å². The molecule has 4 heteroatoms. The fourth-order valence-corrected chi connectivity index (χ4v) is 3.52. The molecular formula is C17H26ClN3. The van der Waals surface area contributed by atoms with Crippen LogP contribution in [0.1, 0.15) is 31.7 Å². The average Bonchev–Trinajstić information content (AvgIpc) is 3.33. The van der Waals surface area contributed by atoms with Gasteiger partial charge in [0.05, 0.1) is 10.7 Å². The third kappa shape index (κ3) is 3.71. The van der Waals surface area contributed by atoms with E-state index in [9.17, 15) is 0 Å². The van der Waals surface area contributed by atoms with Crippen LogP contribution >= 0.6 is 11.6 Å². The van der Waals surface area contributed by atoms with Crippen molar-refractivity contribution in [3.63, 3.8) is 0 Å². The van der Waals surface area contributed by atoms with Gasteiger partial charge in [-0.3, -0.25) is 4.90 Å². The fraction of sp³-hybridized carbons (Fsp3) is 0.647. The second-order valence-electron chi connectivity index (χ2n) is 6.18. The molecule has 0 amide bonds. The first kappa shape index (κ1) is 15.1. The molecule has 0 atom stereocenters. The molecule has 116 valence electrons. The minimum Gasteiger partial charge on any atom is -0.367 e. The van der Waals surface area contributed by atoms with E-state index < -0.39 is 0 Å². The minimum absolute atomic E-state index is 0.879. The molecule has 1 aliphatic heterocycles. The standard InChI is InChI=1S/C17H26ClN3/c1-2-8-19-13-14-4-3-5-16(18)17(14)21-11-9-20(10-12-21)15-6-7-15/h3-5,15,19H,2,6-13H2,1H3. The lowest BCUT2D eigenvalue weighted by molar-refractivity contribution is 0.248. The summed E-state index contributed by atoms with van der Waals surface area (Å²) in [5, 5.41) is 4.39. The topological polar surface area (TPSA) is 18.5 Å². The highest BCUT2D eigenvalue weighted by molar-refractivity contribution is 6.33. The lowest BCUT2D eigenvalue weighted by atomic mass is 10.1. The van der Waals surface area contributed by atoms with E-state index in [1.54, 1.807) is 0 Å². The number of benzene rings is 1. The van der Waals surface area contributed by atoms with Crippen LogP contribution in [-0.2, 0) is 6.54 Å². The molecule has 1 heterocycles. The zero-order valence-corrected chi connectivity index (χ0v) is 13.7. The van der Waals surface area contributed by atoms with Crippen molar-refractivity contribution in [2.24, 2.45) is 0 Å². The molecule has 2 fully saturated rings. The number of rotatable bonds is 6. The van der Waals surface area contributed by atoms with E-state index in [-0.39, 0.29) is 0 Å². The summed E-state index contributed by atoms with van der Waals surface area (Å²) in [6.07, 6.45) is 3.96. The summed E-state index contributed by atoms with van der Waals surface area (Å²) >= 11 is 6.50. The largest absolute Gasteiger partial charge is 0.367 e. The summed E-state index contributed by atoms with van der Waals surface area (Å²) in [6.45, 7) is 8.72. The molecule has 0 bridgehead atoms. The number of nitrogens with zero attached hydrogens (tertiary/aromatic N) is 2. The Hall–Kier alpha value is -0.770. The number of para-hydroxylation sites is 1. The summed E-state index contributed by atoms with van der Waals surface area (Å²) in [5.74, 6) is 0. The van der Waals surface area contributed by atoms with Crippen LogP contribution in [-0.4, -0.2) is 43.7 Å². The van der Waals surface area contributed by atoms with E-state index in [1.165, 1.54) is 37.2 Å². The lowest BCUT2D eigenvalue weighted by Crippen LogP contribution is -2.47. The van der Waals surface area contributed by atoms with Gasteiger partial charge < -0.3 is 10.2 Å². The van der Waals surface area contributed by atoms with Crippen LogP contribution in [0, 0.1) is 0 Å². The van der Waals surface area contributed by atoms with Crippen molar-refractivity contribution in [1.29, 1.82) is 0 Å². The van der Waals surface area contributed by atoms with Crippen LogP contribution < -0.4 is 10.2 Å². The van der Waals surface area contributed by atoms with Crippen molar-refractivity contribution in [3.05, 3.63) is 28.8 Å². The fourth-order valence-electron chi connectivity index (χ4n) is 3.21. The number of hydrogen-bond acceptors (Lipinski definition) is 3. The monoisotopic (exact) mass is 307 g/mol. The lowest BCUT2D eigenvalue weighted by Gasteiger charge is -2.37. The van der Waals surface area contributed by atoms with Crippen molar-refractivity contribution in [1.82, 2.24) is 10.2 Å². The maximum Gasteiger partial charge on any atom is 0.0642 e. The van der Waals surface area contributed by atoms with Gasteiger partial charge in [0.1, 0.15) is 0 Å². The van der Waals surface area contributed by atoms with Gasteiger partial charge in [-0.05, 0) is 37.4 Å². The second kappa shape index (κ2) is 6.99. The second-order valence-corrected chi connectivity index (χ2v) is 6.59. The summed E-state index contributed by atoms with van der Waals surface area (Å²) in [4.78, 5) is 5.12. The third-order valence-electron chi connectivity index (χ3n) is 4.51. The van der Waals surface area contributed by atoms with Gasteiger partial charge in [-0.25, -0.2) is 0 Å². The molecular weight excluding hydrogens is 282 g/mol. The van der Waals surface area contributed by atoms with Crippen LogP contribution in [0.15, 0.2) is 18.2 Å². The van der Waals surface area contributed by atoms with E-state index in [0.29, 0.717) is 0 Å². The van der Waals surface area contributed by atoms with Gasteiger partial charge in [0.15, 0.2) is 0 Å². The van der Waals surface area contributed by atoms with E-state index >= 15 is 0 Å². The van der Waals surface area contributed by atoms with Crippen molar-refractivity contribution in [3.8, 4) is 0 Å². The van der Waals surface area contributed by atoms with Crippen LogP contribution in [0.4, 0.5) is 5.69 Å². The van der Waals surface area contributed by atoms with Crippen LogP contribution in [0.2, 0.25) is 5.02 Å². The quantitative estimate of drug-likeness (QED) is 0.815. The summed E-state index contributed by atoms with van der Waals surface area (Å²) in [5.41, 5.74) is 2.58. The number of piperazine rings is 1. The van der Waals surface area contributed by atoms with E-state index in [2.05, 4.69) is 34.2 Å². The SMILES string of the molecule is CCCNCc1cccc(Cl)c1N1CCN(C2CC2)CC1. The molecule has 1 N–H and O–H groups in total. The van der Waals surface area contributed by atoms with Gasteiger partial charge in [0.25, 0.3) is 0 Å². The molecule has 0 spiro atoms. The molecule has 1 saturated carbocycles. The van der Waals surface area contributed by atoms with Crippen LogP contribution in [0.3, 0.4) is 0 Å². The smallest absolute Gasteiger partial charge is 0.0642 e. The molecule has 21 heavy (non-hydrogen) atoms. The molecule has 1 aliphatic carbocycles.